The van der Waals surface area contributed by atoms with E-state index >= 15 is 0 Å². The first kappa shape index (κ1) is 14.6. The Bertz CT molecular complexity index is 628. The monoisotopic (exact) mass is 345 g/mol. The van der Waals surface area contributed by atoms with Gasteiger partial charge in [-0.2, -0.15) is 0 Å². The summed E-state index contributed by atoms with van der Waals surface area (Å²) in [6.45, 7) is 5.21. The molecule has 0 saturated heterocycles. The summed E-state index contributed by atoms with van der Waals surface area (Å²) in [5.41, 5.74) is 2.55. The van der Waals surface area contributed by atoms with E-state index in [1.807, 2.05) is 12.1 Å². The van der Waals surface area contributed by atoms with Gasteiger partial charge in [-0.15, -0.1) is 0 Å². The van der Waals surface area contributed by atoms with E-state index in [0.29, 0.717) is 12.0 Å². The molecule has 2 aromatic carbocycles. The third-order valence-electron chi connectivity index (χ3n) is 4.13. The maximum absolute atomic E-state index is 5.83. The molecule has 0 aliphatic carbocycles. The van der Waals surface area contributed by atoms with Crippen LogP contribution in [0.15, 0.2) is 53.0 Å². The summed E-state index contributed by atoms with van der Waals surface area (Å²) in [6.07, 6.45) is 0. The van der Waals surface area contributed by atoms with Crippen LogP contribution in [0.2, 0.25) is 0 Å². The molecule has 0 amide bonds. The molecule has 1 heterocycles. The average Bonchev–Trinajstić information content (AvgIpc) is 2.50. The summed E-state index contributed by atoms with van der Waals surface area (Å²) in [5, 5.41) is 3.77. The van der Waals surface area contributed by atoms with Crippen molar-refractivity contribution in [2.45, 2.75) is 25.9 Å². The second-order valence-corrected chi connectivity index (χ2v) is 6.57. The lowest BCUT2D eigenvalue weighted by molar-refractivity contribution is 0.182. The second kappa shape index (κ2) is 6.20. The SMILES string of the molecule is CC1COc2ccccc2C1N[C@@H](C)c1ccccc1Br. The van der Waals surface area contributed by atoms with Crippen molar-refractivity contribution in [3.63, 3.8) is 0 Å². The van der Waals surface area contributed by atoms with Gasteiger partial charge in [-0.25, -0.2) is 0 Å². The van der Waals surface area contributed by atoms with Crippen LogP contribution in [-0.4, -0.2) is 6.61 Å². The Balaban J connectivity index is 1.86. The number of hydrogen-bond donors (Lipinski definition) is 1. The summed E-state index contributed by atoms with van der Waals surface area (Å²) >= 11 is 3.64. The van der Waals surface area contributed by atoms with Gasteiger partial charge in [0.05, 0.1) is 6.61 Å². The van der Waals surface area contributed by atoms with Crippen LogP contribution in [0.4, 0.5) is 0 Å². The van der Waals surface area contributed by atoms with Crippen molar-refractivity contribution in [3.05, 3.63) is 64.1 Å². The molecule has 0 aromatic heterocycles. The normalized spacial score (nSPS) is 22.2. The molecule has 0 bridgehead atoms. The van der Waals surface area contributed by atoms with E-state index in [-0.39, 0.29) is 6.04 Å². The van der Waals surface area contributed by atoms with Gasteiger partial charge in [0.25, 0.3) is 0 Å². The van der Waals surface area contributed by atoms with Gasteiger partial charge < -0.3 is 10.1 Å². The molecule has 3 atom stereocenters. The van der Waals surface area contributed by atoms with Gasteiger partial charge in [0.15, 0.2) is 0 Å². The van der Waals surface area contributed by atoms with Crippen LogP contribution in [0, 0.1) is 5.92 Å². The average molecular weight is 346 g/mol. The first-order valence-electron chi connectivity index (χ1n) is 7.39. The van der Waals surface area contributed by atoms with Crippen molar-refractivity contribution < 1.29 is 4.74 Å². The molecular weight excluding hydrogens is 326 g/mol. The van der Waals surface area contributed by atoms with Crippen LogP contribution in [0.5, 0.6) is 5.75 Å². The lowest BCUT2D eigenvalue weighted by Crippen LogP contribution is -2.35. The summed E-state index contributed by atoms with van der Waals surface area (Å²) in [7, 11) is 0. The number of para-hydroxylation sites is 1. The van der Waals surface area contributed by atoms with E-state index in [2.05, 4.69) is 71.5 Å². The second-order valence-electron chi connectivity index (χ2n) is 5.71. The van der Waals surface area contributed by atoms with Crippen molar-refractivity contribution in [1.29, 1.82) is 0 Å². The van der Waals surface area contributed by atoms with Crippen molar-refractivity contribution in [3.8, 4) is 5.75 Å². The third kappa shape index (κ3) is 2.99. The molecule has 0 fully saturated rings. The lowest BCUT2D eigenvalue weighted by atomic mass is 9.91. The Morgan fingerprint density at radius 1 is 1.14 bits per heavy atom. The lowest BCUT2D eigenvalue weighted by Gasteiger charge is -2.34. The van der Waals surface area contributed by atoms with Gasteiger partial charge in [-0.3, -0.25) is 0 Å². The molecule has 2 unspecified atom stereocenters. The predicted molar refractivity (Wildman–Crippen MR) is 89.5 cm³/mol. The number of rotatable bonds is 3. The fraction of sp³-hybridized carbons (Fsp3) is 0.333. The molecule has 2 aromatic rings. The largest absolute Gasteiger partial charge is 0.493 e. The van der Waals surface area contributed by atoms with Gasteiger partial charge >= 0.3 is 0 Å². The maximum atomic E-state index is 5.83. The molecule has 110 valence electrons. The third-order valence-corrected chi connectivity index (χ3v) is 4.85. The van der Waals surface area contributed by atoms with E-state index in [1.54, 1.807) is 0 Å². The first-order chi connectivity index (χ1) is 10.2. The summed E-state index contributed by atoms with van der Waals surface area (Å²) in [5.74, 6) is 1.46. The van der Waals surface area contributed by atoms with E-state index in [1.165, 1.54) is 11.1 Å². The minimum absolute atomic E-state index is 0.277. The Morgan fingerprint density at radius 3 is 2.67 bits per heavy atom. The first-order valence-corrected chi connectivity index (χ1v) is 8.18. The van der Waals surface area contributed by atoms with Crippen LogP contribution >= 0.6 is 15.9 Å². The van der Waals surface area contributed by atoms with Crippen LogP contribution in [0.3, 0.4) is 0 Å². The highest BCUT2D eigenvalue weighted by Gasteiger charge is 2.29. The molecule has 0 radical (unpaired) electrons. The highest BCUT2D eigenvalue weighted by Crippen LogP contribution is 2.37. The van der Waals surface area contributed by atoms with Crippen molar-refractivity contribution in [2.24, 2.45) is 5.92 Å². The molecule has 1 aliphatic rings. The number of fused-ring (bicyclic) bond motifs is 1. The standard InChI is InChI=1S/C18H20BrNO/c1-12-11-21-17-10-6-4-8-15(17)18(12)20-13(2)14-7-3-5-9-16(14)19/h3-10,12-13,18,20H,11H2,1-2H3/t12?,13-,18?/m0/s1. The van der Waals surface area contributed by atoms with E-state index in [9.17, 15) is 0 Å². The summed E-state index contributed by atoms with van der Waals surface area (Å²) in [6, 6.07) is 17.3. The van der Waals surface area contributed by atoms with E-state index in [4.69, 9.17) is 4.74 Å². The molecule has 0 saturated carbocycles. The van der Waals surface area contributed by atoms with Crippen molar-refractivity contribution >= 4 is 15.9 Å². The minimum atomic E-state index is 0.277. The van der Waals surface area contributed by atoms with Crippen LogP contribution in [-0.2, 0) is 0 Å². The maximum Gasteiger partial charge on any atom is 0.124 e. The fourth-order valence-electron chi connectivity index (χ4n) is 2.93. The van der Waals surface area contributed by atoms with Crippen molar-refractivity contribution in [2.75, 3.05) is 6.61 Å². The zero-order valence-electron chi connectivity index (χ0n) is 12.3. The number of nitrogens with one attached hydrogen (secondary N) is 1. The van der Waals surface area contributed by atoms with Gasteiger partial charge in [0.2, 0.25) is 0 Å². The van der Waals surface area contributed by atoms with Gasteiger partial charge in [0, 0.05) is 28.0 Å². The van der Waals surface area contributed by atoms with Crippen molar-refractivity contribution in [1.82, 2.24) is 5.32 Å². The number of halogens is 1. The van der Waals surface area contributed by atoms with Gasteiger partial charge in [0.1, 0.15) is 5.75 Å². The number of benzene rings is 2. The Kier molecular flexibility index (Phi) is 4.32. The highest BCUT2D eigenvalue weighted by atomic mass is 79.9. The molecular formula is C18H20BrNO. The van der Waals surface area contributed by atoms with Gasteiger partial charge in [-0.05, 0) is 24.6 Å². The van der Waals surface area contributed by atoms with Gasteiger partial charge in [-0.1, -0.05) is 59.3 Å². The summed E-state index contributed by atoms with van der Waals surface area (Å²) < 4.78 is 6.98. The van der Waals surface area contributed by atoms with Crippen LogP contribution in [0.25, 0.3) is 0 Å². The predicted octanol–water partition coefficient (Wildman–Crippen LogP) is 4.87. The Morgan fingerprint density at radius 2 is 1.86 bits per heavy atom. The quantitative estimate of drug-likeness (QED) is 0.856. The topological polar surface area (TPSA) is 21.3 Å². The van der Waals surface area contributed by atoms with E-state index < -0.39 is 0 Å². The molecule has 3 rings (SSSR count). The molecule has 21 heavy (non-hydrogen) atoms. The molecule has 0 spiro atoms. The molecule has 1 N–H and O–H groups in total. The highest BCUT2D eigenvalue weighted by molar-refractivity contribution is 9.10. The minimum Gasteiger partial charge on any atom is -0.493 e. The molecule has 2 nitrogen and oxygen atoms in total. The number of hydrogen-bond acceptors (Lipinski definition) is 2. The Labute approximate surface area is 134 Å². The molecule has 3 heteroatoms. The van der Waals surface area contributed by atoms with Crippen LogP contribution in [0.1, 0.15) is 37.1 Å². The smallest absolute Gasteiger partial charge is 0.124 e. The van der Waals surface area contributed by atoms with Crippen LogP contribution < -0.4 is 10.1 Å². The zero-order valence-corrected chi connectivity index (χ0v) is 13.9. The summed E-state index contributed by atoms with van der Waals surface area (Å²) in [4.78, 5) is 0. The van der Waals surface area contributed by atoms with E-state index in [0.717, 1.165) is 16.8 Å². The Hall–Kier alpha value is -1.32. The number of ether oxygens (including phenoxy) is 1. The zero-order chi connectivity index (χ0) is 14.8. The fourth-order valence-corrected chi connectivity index (χ4v) is 3.56. The molecule has 1 aliphatic heterocycles.